The fourth-order valence-electron chi connectivity index (χ4n) is 6.00. The van der Waals surface area contributed by atoms with Crippen molar-refractivity contribution in [2.45, 2.75) is 27.7 Å². The molecule has 6 aromatic carbocycles. The minimum absolute atomic E-state index is 0.715. The Labute approximate surface area is 323 Å². The number of benzene rings is 6. The van der Waals surface area contributed by atoms with E-state index in [0.29, 0.717) is 11.6 Å². The number of nitrogens with one attached hydrogen (secondary N) is 1. The lowest BCUT2D eigenvalue weighted by Gasteiger charge is -2.05. The Morgan fingerprint density at radius 1 is 0.509 bits per heavy atom. The number of H-pyrrole nitrogens is 1. The SMILES string of the molecule is Cc1[nH]c2ccccc2[n+]1-c1ccccc1.Cc1nc(-c2ccccc2)nc(-c2ccccc2)n1.Cc1nc2ccccc2o1.Cc1nc2ccccc2s1. The largest absolute Gasteiger partial charge is 0.441 e. The molecule has 10 rings (SSSR count). The summed E-state index contributed by atoms with van der Waals surface area (Å²) in [5, 5.41) is 1.14. The molecule has 4 aromatic heterocycles. The molecule has 0 fully saturated rings. The van der Waals surface area contributed by atoms with Gasteiger partial charge in [0.05, 0.1) is 15.2 Å². The number of thiazole rings is 1. The molecule has 0 unspecified atom stereocenters. The highest BCUT2D eigenvalue weighted by Crippen LogP contribution is 2.21. The molecule has 8 nitrogen and oxygen atoms in total. The lowest BCUT2D eigenvalue weighted by molar-refractivity contribution is -0.574. The van der Waals surface area contributed by atoms with Crippen LogP contribution in [0, 0.1) is 27.7 Å². The molecule has 0 radical (unpaired) electrons. The van der Waals surface area contributed by atoms with E-state index in [4.69, 9.17) is 4.42 Å². The fraction of sp³-hybridized carbons (Fsp3) is 0.0870. The van der Waals surface area contributed by atoms with E-state index in [1.165, 1.54) is 21.4 Å². The molecular weight excluding hydrogens is 699 g/mol. The molecule has 0 aliphatic carbocycles. The summed E-state index contributed by atoms with van der Waals surface area (Å²) in [4.78, 5) is 25.2. The quantitative estimate of drug-likeness (QED) is 0.181. The van der Waals surface area contributed by atoms with Crippen LogP contribution in [0.5, 0.6) is 0 Å². The van der Waals surface area contributed by atoms with Crippen molar-refractivity contribution in [3.63, 3.8) is 0 Å². The Balaban J connectivity index is 0.000000117. The van der Waals surface area contributed by atoms with E-state index in [1.54, 1.807) is 11.3 Å². The Morgan fingerprint density at radius 2 is 1.05 bits per heavy atom. The van der Waals surface area contributed by atoms with E-state index >= 15 is 0 Å². The highest BCUT2D eigenvalue weighted by molar-refractivity contribution is 7.18. The monoisotopic (exact) mass is 738 g/mol. The second kappa shape index (κ2) is 17.3. The molecule has 0 aliphatic heterocycles. The Bertz CT molecular complexity index is 2560. The maximum absolute atomic E-state index is 5.26. The molecule has 270 valence electrons. The molecule has 4 heterocycles. The van der Waals surface area contributed by atoms with Gasteiger partial charge in [0.1, 0.15) is 17.0 Å². The number of para-hydroxylation sites is 6. The van der Waals surface area contributed by atoms with Gasteiger partial charge in [0.2, 0.25) is 0 Å². The molecule has 0 spiro atoms. The summed E-state index contributed by atoms with van der Waals surface area (Å²) in [6.07, 6.45) is 0. The van der Waals surface area contributed by atoms with Crippen LogP contribution in [-0.2, 0) is 0 Å². The lowest BCUT2D eigenvalue weighted by Crippen LogP contribution is -2.32. The molecule has 0 saturated carbocycles. The number of imidazole rings is 1. The summed E-state index contributed by atoms with van der Waals surface area (Å²) in [6.45, 7) is 7.86. The highest BCUT2D eigenvalue weighted by atomic mass is 32.1. The molecule has 0 atom stereocenters. The standard InChI is InChI=1S/C16H13N3.C14H12N2.C8H7NO.C8H7NS/c1-12-17-15(13-8-4-2-5-9-13)19-16(18-12)14-10-6-3-7-11-14;1-11-15-13-9-5-6-10-14(13)16(11)12-7-3-2-4-8-12;2*1-6-9-7-4-2-3-5-8(7)10-6/h2-11H,1H3;2-10H,1H3;2*2-5H,1H3/p+1. The van der Waals surface area contributed by atoms with Crippen LogP contribution in [0.15, 0.2) is 168 Å². The maximum Gasteiger partial charge on any atom is 0.257 e. The topological polar surface area (TPSA) is 97.3 Å². The summed E-state index contributed by atoms with van der Waals surface area (Å²) in [5.74, 6) is 4.03. The zero-order chi connectivity index (χ0) is 38.0. The van der Waals surface area contributed by atoms with Gasteiger partial charge >= 0.3 is 0 Å². The molecule has 10 aromatic rings. The number of aryl methyl sites for hydroxylation is 4. The van der Waals surface area contributed by atoms with Crippen LogP contribution < -0.4 is 4.57 Å². The average Bonchev–Trinajstić information content (AvgIpc) is 3.91. The molecule has 0 aliphatic rings. The molecule has 55 heavy (non-hydrogen) atoms. The number of nitrogens with zero attached hydrogens (tertiary/aromatic N) is 6. The summed E-state index contributed by atoms with van der Waals surface area (Å²) in [5.41, 5.74) is 8.49. The van der Waals surface area contributed by atoms with Gasteiger partial charge in [0.15, 0.2) is 34.2 Å². The van der Waals surface area contributed by atoms with E-state index < -0.39 is 0 Å². The van der Waals surface area contributed by atoms with Crippen LogP contribution in [0.25, 0.3) is 60.8 Å². The number of fused-ring (bicyclic) bond motifs is 3. The summed E-state index contributed by atoms with van der Waals surface area (Å²) >= 11 is 1.74. The number of rotatable bonds is 3. The van der Waals surface area contributed by atoms with Crippen molar-refractivity contribution in [2.75, 3.05) is 0 Å². The van der Waals surface area contributed by atoms with E-state index in [9.17, 15) is 0 Å². The van der Waals surface area contributed by atoms with Crippen molar-refractivity contribution in [1.82, 2.24) is 29.9 Å². The van der Waals surface area contributed by atoms with Gasteiger partial charge in [-0.25, -0.2) is 29.9 Å². The zero-order valence-corrected chi connectivity index (χ0v) is 31.9. The fourth-order valence-corrected chi connectivity index (χ4v) is 6.83. The van der Waals surface area contributed by atoms with Gasteiger partial charge in [-0.15, -0.1) is 11.3 Å². The number of hydrogen-bond donors (Lipinski definition) is 1. The zero-order valence-electron chi connectivity index (χ0n) is 31.1. The van der Waals surface area contributed by atoms with Crippen molar-refractivity contribution >= 4 is 43.7 Å². The summed E-state index contributed by atoms with van der Waals surface area (Å²) in [7, 11) is 0. The first kappa shape index (κ1) is 36.5. The molecule has 9 heteroatoms. The summed E-state index contributed by atoms with van der Waals surface area (Å²) < 4.78 is 8.77. The van der Waals surface area contributed by atoms with E-state index in [1.807, 2.05) is 136 Å². The van der Waals surface area contributed by atoms with Crippen LogP contribution >= 0.6 is 11.3 Å². The second-order valence-corrected chi connectivity index (χ2v) is 13.8. The Morgan fingerprint density at radius 3 is 1.69 bits per heavy atom. The van der Waals surface area contributed by atoms with Crippen molar-refractivity contribution in [2.24, 2.45) is 0 Å². The van der Waals surface area contributed by atoms with Crippen molar-refractivity contribution in [3.05, 3.63) is 186 Å². The number of aromatic amines is 1. The van der Waals surface area contributed by atoms with Crippen LogP contribution in [-0.4, -0.2) is 29.9 Å². The van der Waals surface area contributed by atoms with Gasteiger partial charge in [0, 0.05) is 25.0 Å². The number of hydrogen-bond acceptors (Lipinski definition) is 7. The van der Waals surface area contributed by atoms with Crippen molar-refractivity contribution in [3.8, 4) is 28.5 Å². The molecule has 0 bridgehead atoms. The van der Waals surface area contributed by atoms with Crippen LogP contribution in [0.3, 0.4) is 0 Å². The number of oxazole rings is 1. The Kier molecular flexibility index (Phi) is 11.5. The summed E-state index contributed by atoms with van der Waals surface area (Å²) in [6, 6.07) is 54.6. The van der Waals surface area contributed by atoms with Crippen LogP contribution in [0.4, 0.5) is 0 Å². The van der Waals surface area contributed by atoms with Crippen LogP contribution in [0.2, 0.25) is 0 Å². The maximum atomic E-state index is 5.26. The van der Waals surface area contributed by atoms with E-state index in [-0.39, 0.29) is 0 Å². The van der Waals surface area contributed by atoms with Gasteiger partial charge in [-0.2, -0.15) is 4.57 Å². The van der Waals surface area contributed by atoms with Crippen molar-refractivity contribution in [1.29, 1.82) is 0 Å². The number of aromatic nitrogens is 7. The first-order valence-corrected chi connectivity index (χ1v) is 18.8. The second-order valence-electron chi connectivity index (χ2n) is 12.6. The minimum Gasteiger partial charge on any atom is -0.441 e. The van der Waals surface area contributed by atoms with Gasteiger partial charge < -0.3 is 4.42 Å². The van der Waals surface area contributed by atoms with Gasteiger partial charge in [0.25, 0.3) is 5.82 Å². The normalized spacial score (nSPS) is 10.5. The van der Waals surface area contributed by atoms with E-state index in [2.05, 4.69) is 89.9 Å². The first-order valence-electron chi connectivity index (χ1n) is 17.9. The van der Waals surface area contributed by atoms with Gasteiger partial charge in [-0.3, -0.25) is 0 Å². The predicted octanol–water partition coefficient (Wildman–Crippen LogP) is 11.0. The van der Waals surface area contributed by atoms with Crippen LogP contribution in [0.1, 0.15) is 22.5 Å². The third kappa shape index (κ3) is 9.22. The highest BCUT2D eigenvalue weighted by Gasteiger charge is 2.15. The molecule has 0 saturated heterocycles. The van der Waals surface area contributed by atoms with Crippen molar-refractivity contribution < 1.29 is 8.98 Å². The average molecular weight is 739 g/mol. The third-order valence-electron chi connectivity index (χ3n) is 8.42. The molecule has 1 N–H and O–H groups in total. The molecule has 0 amide bonds. The predicted molar refractivity (Wildman–Crippen MR) is 223 cm³/mol. The Hall–Kier alpha value is -6.84. The third-order valence-corrected chi connectivity index (χ3v) is 9.37. The minimum atomic E-state index is 0.715. The van der Waals surface area contributed by atoms with Gasteiger partial charge in [-0.1, -0.05) is 115 Å². The van der Waals surface area contributed by atoms with Gasteiger partial charge in [-0.05, 0) is 62.4 Å². The lowest BCUT2D eigenvalue weighted by atomic mass is 10.2. The smallest absolute Gasteiger partial charge is 0.257 e. The molecular formula is C46H40N7OS+. The first-order chi connectivity index (χ1) is 26.9. The van der Waals surface area contributed by atoms with E-state index in [0.717, 1.165) is 50.3 Å².